The zero-order chi connectivity index (χ0) is 12.6. The summed E-state index contributed by atoms with van der Waals surface area (Å²) in [6.45, 7) is 3.24. The summed E-state index contributed by atoms with van der Waals surface area (Å²) in [5, 5.41) is 7.64. The molecular weight excluding hydrogens is 242 g/mol. The highest BCUT2D eigenvalue weighted by Gasteiger charge is 1.96. The summed E-state index contributed by atoms with van der Waals surface area (Å²) in [4.78, 5) is 0. The summed E-state index contributed by atoms with van der Waals surface area (Å²) in [7, 11) is 0. The lowest BCUT2D eigenvalue weighted by Gasteiger charge is -2.07. The van der Waals surface area contributed by atoms with Crippen LogP contribution in [0.4, 0.5) is 5.69 Å². The normalized spacial score (nSPS) is 10.5. The molecule has 1 aromatic carbocycles. The number of rotatable bonds is 7. The van der Waals surface area contributed by atoms with Gasteiger partial charge in [0.1, 0.15) is 0 Å². The molecule has 18 heavy (non-hydrogen) atoms. The second-order valence-electron chi connectivity index (χ2n) is 3.97. The Balaban J connectivity index is 1.81. The van der Waals surface area contributed by atoms with Crippen LogP contribution in [0.5, 0.6) is 0 Å². The third kappa shape index (κ3) is 3.81. The maximum absolute atomic E-state index is 4.21. The summed E-state index contributed by atoms with van der Waals surface area (Å²) in [6.07, 6.45) is 4.95. The van der Waals surface area contributed by atoms with Gasteiger partial charge in [0.2, 0.25) is 0 Å². The van der Waals surface area contributed by atoms with E-state index in [1.54, 1.807) is 6.20 Å². The van der Waals surface area contributed by atoms with E-state index in [2.05, 4.69) is 41.6 Å². The van der Waals surface area contributed by atoms with Crippen LogP contribution in [0.25, 0.3) is 5.69 Å². The Hall–Kier alpha value is -1.42. The van der Waals surface area contributed by atoms with Gasteiger partial charge >= 0.3 is 0 Å². The number of aromatic nitrogens is 2. The number of hydrogen-bond donors (Lipinski definition) is 1. The number of thioether (sulfide) groups is 1. The Bertz CT molecular complexity index is 437. The second-order valence-corrected chi connectivity index (χ2v) is 5.37. The van der Waals surface area contributed by atoms with Gasteiger partial charge < -0.3 is 5.32 Å². The van der Waals surface area contributed by atoms with Gasteiger partial charge in [-0.2, -0.15) is 16.9 Å². The van der Waals surface area contributed by atoms with Gasteiger partial charge in [-0.05, 0) is 48.3 Å². The van der Waals surface area contributed by atoms with Crippen molar-refractivity contribution < 1.29 is 0 Å². The number of nitrogens with zero attached hydrogens (tertiary/aromatic N) is 2. The largest absolute Gasteiger partial charge is 0.385 e. The molecule has 0 spiro atoms. The van der Waals surface area contributed by atoms with Crippen molar-refractivity contribution in [2.24, 2.45) is 0 Å². The Morgan fingerprint density at radius 3 is 2.78 bits per heavy atom. The average molecular weight is 261 g/mol. The fraction of sp³-hybridized carbons (Fsp3) is 0.357. The molecule has 2 aromatic rings. The van der Waals surface area contributed by atoms with Crippen LogP contribution >= 0.6 is 11.8 Å². The zero-order valence-corrected chi connectivity index (χ0v) is 11.5. The highest BCUT2D eigenvalue weighted by molar-refractivity contribution is 7.99. The average Bonchev–Trinajstić information content (AvgIpc) is 2.93. The van der Waals surface area contributed by atoms with Crippen LogP contribution in [-0.2, 0) is 0 Å². The monoisotopic (exact) mass is 261 g/mol. The molecule has 0 aliphatic heterocycles. The molecule has 0 unspecified atom stereocenters. The van der Waals surface area contributed by atoms with Gasteiger partial charge in [0, 0.05) is 24.6 Å². The predicted molar refractivity (Wildman–Crippen MR) is 79.7 cm³/mol. The van der Waals surface area contributed by atoms with Crippen molar-refractivity contribution in [3.63, 3.8) is 0 Å². The summed E-state index contributed by atoms with van der Waals surface area (Å²) in [5.41, 5.74) is 2.26. The SMILES string of the molecule is CCSCCCNc1ccc(-n2cccn2)cc1. The molecule has 0 saturated carbocycles. The molecule has 0 atom stereocenters. The summed E-state index contributed by atoms with van der Waals surface area (Å²) in [5.74, 6) is 2.44. The molecule has 1 aromatic heterocycles. The minimum atomic E-state index is 1.04. The van der Waals surface area contributed by atoms with Gasteiger partial charge in [-0.3, -0.25) is 0 Å². The second kappa shape index (κ2) is 7.11. The topological polar surface area (TPSA) is 29.9 Å². The van der Waals surface area contributed by atoms with Crippen LogP contribution in [0.15, 0.2) is 42.7 Å². The first-order chi connectivity index (χ1) is 8.90. The highest BCUT2D eigenvalue weighted by atomic mass is 32.2. The van der Waals surface area contributed by atoms with E-state index in [-0.39, 0.29) is 0 Å². The molecule has 4 heteroatoms. The molecule has 1 heterocycles. The molecule has 2 rings (SSSR count). The Labute approximate surface area is 113 Å². The van der Waals surface area contributed by atoms with E-state index in [4.69, 9.17) is 0 Å². The minimum Gasteiger partial charge on any atom is -0.385 e. The lowest BCUT2D eigenvalue weighted by atomic mass is 10.3. The van der Waals surface area contributed by atoms with Crippen LogP contribution in [-0.4, -0.2) is 27.8 Å². The molecule has 1 N–H and O–H groups in total. The number of anilines is 1. The molecule has 0 aliphatic carbocycles. The van der Waals surface area contributed by atoms with Crippen LogP contribution < -0.4 is 5.32 Å². The quantitative estimate of drug-likeness (QED) is 0.774. The van der Waals surface area contributed by atoms with Gasteiger partial charge in [0.05, 0.1) is 5.69 Å². The van der Waals surface area contributed by atoms with Crippen LogP contribution in [0.1, 0.15) is 13.3 Å². The molecule has 0 radical (unpaired) electrons. The van der Waals surface area contributed by atoms with Crippen LogP contribution in [0.2, 0.25) is 0 Å². The molecule has 0 amide bonds. The third-order valence-corrected chi connectivity index (χ3v) is 3.62. The van der Waals surface area contributed by atoms with Crippen molar-refractivity contribution in [1.29, 1.82) is 0 Å². The predicted octanol–water partition coefficient (Wildman–Crippen LogP) is 3.43. The molecule has 0 saturated heterocycles. The van der Waals surface area contributed by atoms with Gasteiger partial charge in [-0.25, -0.2) is 4.68 Å². The number of hydrogen-bond acceptors (Lipinski definition) is 3. The zero-order valence-electron chi connectivity index (χ0n) is 10.7. The van der Waals surface area contributed by atoms with Crippen molar-refractivity contribution in [3.8, 4) is 5.69 Å². The van der Waals surface area contributed by atoms with Gasteiger partial charge in [0.15, 0.2) is 0 Å². The summed E-state index contributed by atoms with van der Waals surface area (Å²) in [6, 6.07) is 10.3. The van der Waals surface area contributed by atoms with E-state index in [1.807, 2.05) is 28.7 Å². The standard InChI is InChI=1S/C14H19N3S/c1-2-18-12-4-9-15-13-5-7-14(8-6-13)17-11-3-10-16-17/h3,5-8,10-11,15H,2,4,9,12H2,1H3. The minimum absolute atomic E-state index is 1.04. The summed E-state index contributed by atoms with van der Waals surface area (Å²) < 4.78 is 1.86. The van der Waals surface area contributed by atoms with Crippen molar-refractivity contribution in [2.45, 2.75) is 13.3 Å². The Morgan fingerprint density at radius 1 is 1.28 bits per heavy atom. The Kier molecular flexibility index (Phi) is 5.15. The van der Waals surface area contributed by atoms with E-state index in [9.17, 15) is 0 Å². The van der Waals surface area contributed by atoms with Gasteiger partial charge in [-0.1, -0.05) is 6.92 Å². The molecular formula is C14H19N3S. The van der Waals surface area contributed by atoms with Gasteiger partial charge in [0.25, 0.3) is 0 Å². The van der Waals surface area contributed by atoms with Crippen molar-refractivity contribution >= 4 is 17.4 Å². The first kappa shape index (κ1) is 13.0. The molecule has 96 valence electrons. The van der Waals surface area contributed by atoms with E-state index in [1.165, 1.54) is 23.6 Å². The Morgan fingerprint density at radius 2 is 2.11 bits per heavy atom. The fourth-order valence-electron chi connectivity index (χ4n) is 1.70. The first-order valence-corrected chi connectivity index (χ1v) is 7.47. The van der Waals surface area contributed by atoms with E-state index in [0.717, 1.165) is 12.2 Å². The molecule has 0 aliphatic rings. The smallest absolute Gasteiger partial charge is 0.0647 e. The number of benzene rings is 1. The highest BCUT2D eigenvalue weighted by Crippen LogP contribution is 2.12. The van der Waals surface area contributed by atoms with Crippen LogP contribution in [0, 0.1) is 0 Å². The van der Waals surface area contributed by atoms with Crippen molar-refractivity contribution in [2.75, 3.05) is 23.4 Å². The number of nitrogens with one attached hydrogen (secondary N) is 1. The maximum Gasteiger partial charge on any atom is 0.0647 e. The maximum atomic E-state index is 4.21. The lowest BCUT2D eigenvalue weighted by molar-refractivity contribution is 0.880. The van der Waals surface area contributed by atoms with E-state index >= 15 is 0 Å². The van der Waals surface area contributed by atoms with Gasteiger partial charge in [-0.15, -0.1) is 0 Å². The lowest BCUT2D eigenvalue weighted by Crippen LogP contribution is -2.03. The van der Waals surface area contributed by atoms with E-state index < -0.39 is 0 Å². The third-order valence-electron chi connectivity index (χ3n) is 2.63. The van der Waals surface area contributed by atoms with Crippen molar-refractivity contribution in [3.05, 3.63) is 42.7 Å². The summed E-state index contributed by atoms with van der Waals surface area (Å²) >= 11 is 1.99. The first-order valence-electron chi connectivity index (χ1n) is 6.32. The molecule has 0 bridgehead atoms. The van der Waals surface area contributed by atoms with E-state index in [0.29, 0.717) is 0 Å². The molecule has 3 nitrogen and oxygen atoms in total. The van der Waals surface area contributed by atoms with Crippen LogP contribution in [0.3, 0.4) is 0 Å². The van der Waals surface area contributed by atoms with Crippen molar-refractivity contribution in [1.82, 2.24) is 9.78 Å². The molecule has 0 fully saturated rings. The fourth-order valence-corrected chi connectivity index (χ4v) is 2.34.